The van der Waals surface area contributed by atoms with Crippen molar-refractivity contribution in [1.82, 2.24) is 10.3 Å². The van der Waals surface area contributed by atoms with Gasteiger partial charge in [-0.25, -0.2) is 13.8 Å². The molecule has 2 aromatic rings. The zero-order valence-electron chi connectivity index (χ0n) is 12.0. The molecule has 20 heavy (non-hydrogen) atoms. The maximum atomic E-state index is 13.9. The van der Waals surface area contributed by atoms with E-state index in [1.54, 1.807) is 7.05 Å². The highest BCUT2D eigenvalue weighted by molar-refractivity contribution is 7.09. The molecule has 2 rings (SSSR count). The Labute approximate surface area is 121 Å². The van der Waals surface area contributed by atoms with Gasteiger partial charge in [0.2, 0.25) is 0 Å². The number of rotatable bonds is 3. The summed E-state index contributed by atoms with van der Waals surface area (Å²) in [5.41, 5.74) is 0.861. The van der Waals surface area contributed by atoms with Gasteiger partial charge in [-0.2, -0.15) is 0 Å². The molecule has 0 aliphatic heterocycles. The quantitative estimate of drug-likeness (QED) is 0.925. The van der Waals surface area contributed by atoms with Crippen LogP contribution in [0.5, 0.6) is 0 Å². The van der Waals surface area contributed by atoms with Crippen LogP contribution in [-0.2, 0) is 5.41 Å². The number of halogens is 2. The van der Waals surface area contributed by atoms with Gasteiger partial charge in [0.15, 0.2) is 0 Å². The Morgan fingerprint density at radius 2 is 1.80 bits per heavy atom. The van der Waals surface area contributed by atoms with E-state index in [1.165, 1.54) is 29.5 Å². The van der Waals surface area contributed by atoms with Crippen LogP contribution in [0, 0.1) is 11.6 Å². The third-order valence-corrected chi connectivity index (χ3v) is 4.02. The lowest BCUT2D eigenvalue weighted by molar-refractivity contribution is 0.517. The fourth-order valence-corrected chi connectivity index (χ4v) is 3.10. The summed E-state index contributed by atoms with van der Waals surface area (Å²) in [5, 5.41) is 5.56. The van der Waals surface area contributed by atoms with Crippen molar-refractivity contribution < 1.29 is 8.78 Å². The molecule has 1 atom stereocenters. The first kappa shape index (κ1) is 15.1. The van der Waals surface area contributed by atoms with Gasteiger partial charge in [0.25, 0.3) is 0 Å². The van der Waals surface area contributed by atoms with Crippen molar-refractivity contribution >= 4 is 11.3 Å². The van der Waals surface area contributed by atoms with Crippen LogP contribution in [0.1, 0.15) is 43.1 Å². The van der Waals surface area contributed by atoms with Crippen LogP contribution in [0.2, 0.25) is 0 Å². The summed E-state index contributed by atoms with van der Waals surface area (Å²) >= 11 is 1.41. The summed E-state index contributed by atoms with van der Waals surface area (Å²) < 4.78 is 27.8. The van der Waals surface area contributed by atoms with Gasteiger partial charge in [0, 0.05) is 16.4 Å². The SMILES string of the molecule is CNC(c1nc(C(C)(C)C)cs1)c1c(F)cccc1F. The topological polar surface area (TPSA) is 24.9 Å². The Kier molecular flexibility index (Phi) is 4.20. The highest BCUT2D eigenvalue weighted by Crippen LogP contribution is 2.31. The van der Waals surface area contributed by atoms with E-state index < -0.39 is 17.7 Å². The summed E-state index contributed by atoms with van der Waals surface area (Å²) in [7, 11) is 1.68. The molecule has 0 bridgehead atoms. The van der Waals surface area contributed by atoms with Crippen molar-refractivity contribution in [3.05, 3.63) is 51.5 Å². The van der Waals surface area contributed by atoms with Crippen molar-refractivity contribution in [2.45, 2.75) is 32.2 Å². The Balaban J connectivity index is 2.45. The smallest absolute Gasteiger partial charge is 0.131 e. The number of hydrogen-bond acceptors (Lipinski definition) is 3. The lowest BCUT2D eigenvalue weighted by Crippen LogP contribution is -2.21. The number of benzene rings is 1. The largest absolute Gasteiger partial charge is 0.307 e. The molecule has 1 aromatic carbocycles. The van der Waals surface area contributed by atoms with E-state index in [0.717, 1.165) is 5.69 Å². The Morgan fingerprint density at radius 1 is 1.20 bits per heavy atom. The monoisotopic (exact) mass is 296 g/mol. The number of hydrogen-bond donors (Lipinski definition) is 1. The molecule has 0 saturated carbocycles. The van der Waals surface area contributed by atoms with E-state index in [0.29, 0.717) is 5.01 Å². The normalized spacial score (nSPS) is 13.5. The summed E-state index contributed by atoms with van der Waals surface area (Å²) in [6.45, 7) is 6.18. The molecule has 1 aromatic heterocycles. The van der Waals surface area contributed by atoms with E-state index in [1.807, 2.05) is 5.38 Å². The van der Waals surface area contributed by atoms with Gasteiger partial charge < -0.3 is 5.32 Å². The van der Waals surface area contributed by atoms with Crippen LogP contribution < -0.4 is 5.32 Å². The summed E-state index contributed by atoms with van der Waals surface area (Å²) in [6, 6.07) is 3.32. The number of nitrogens with zero attached hydrogens (tertiary/aromatic N) is 1. The minimum Gasteiger partial charge on any atom is -0.307 e. The van der Waals surface area contributed by atoms with Crippen LogP contribution in [0.15, 0.2) is 23.6 Å². The van der Waals surface area contributed by atoms with Crippen molar-refractivity contribution in [2.24, 2.45) is 0 Å². The van der Waals surface area contributed by atoms with Gasteiger partial charge in [-0.05, 0) is 19.2 Å². The minimum atomic E-state index is -0.572. The second-order valence-corrected chi connectivity index (χ2v) is 6.57. The Hall–Kier alpha value is -1.33. The van der Waals surface area contributed by atoms with Gasteiger partial charge in [-0.3, -0.25) is 0 Å². The standard InChI is InChI=1S/C15H18F2N2S/c1-15(2,3)11-8-20-14(19-11)13(18-4)12-9(16)6-5-7-10(12)17/h5-8,13,18H,1-4H3. The minimum absolute atomic E-state index is 0.0183. The molecule has 0 amide bonds. The first-order valence-corrected chi connectivity index (χ1v) is 7.29. The molecule has 0 aliphatic carbocycles. The molecule has 1 N–H and O–H groups in total. The molecule has 1 heterocycles. The molecular formula is C15H18F2N2S. The highest BCUT2D eigenvalue weighted by atomic mass is 32.1. The van der Waals surface area contributed by atoms with Gasteiger partial charge in [0.1, 0.15) is 16.6 Å². The zero-order valence-corrected chi connectivity index (χ0v) is 12.8. The molecule has 5 heteroatoms. The number of nitrogens with one attached hydrogen (secondary N) is 1. The summed E-state index contributed by atoms with van der Waals surface area (Å²) in [4.78, 5) is 4.53. The second-order valence-electron chi connectivity index (χ2n) is 5.68. The first-order valence-electron chi connectivity index (χ1n) is 6.41. The first-order chi connectivity index (χ1) is 9.34. The Morgan fingerprint density at radius 3 is 2.25 bits per heavy atom. The number of thiazole rings is 1. The van der Waals surface area contributed by atoms with E-state index in [-0.39, 0.29) is 11.0 Å². The van der Waals surface area contributed by atoms with Crippen LogP contribution in [0.25, 0.3) is 0 Å². The average Bonchev–Trinajstić information content (AvgIpc) is 2.83. The van der Waals surface area contributed by atoms with Crippen molar-refractivity contribution in [2.75, 3.05) is 7.05 Å². The second kappa shape index (κ2) is 5.58. The van der Waals surface area contributed by atoms with Crippen molar-refractivity contribution in [3.63, 3.8) is 0 Å². The predicted octanol–water partition coefficient (Wildman–Crippen LogP) is 4.03. The highest BCUT2D eigenvalue weighted by Gasteiger charge is 2.25. The lowest BCUT2D eigenvalue weighted by Gasteiger charge is -2.17. The van der Waals surface area contributed by atoms with Gasteiger partial charge >= 0.3 is 0 Å². The summed E-state index contributed by atoms with van der Waals surface area (Å²) in [5.74, 6) is -1.12. The fourth-order valence-electron chi connectivity index (χ4n) is 1.94. The lowest BCUT2D eigenvalue weighted by atomic mass is 9.93. The third-order valence-electron chi connectivity index (χ3n) is 3.11. The van der Waals surface area contributed by atoms with E-state index in [4.69, 9.17) is 0 Å². The van der Waals surface area contributed by atoms with Crippen LogP contribution in [0.4, 0.5) is 8.78 Å². The van der Waals surface area contributed by atoms with Crippen LogP contribution in [0.3, 0.4) is 0 Å². The van der Waals surface area contributed by atoms with Crippen LogP contribution >= 0.6 is 11.3 Å². The molecule has 0 radical (unpaired) electrons. The molecular weight excluding hydrogens is 278 g/mol. The van der Waals surface area contributed by atoms with E-state index >= 15 is 0 Å². The molecule has 1 unspecified atom stereocenters. The van der Waals surface area contributed by atoms with Gasteiger partial charge in [-0.15, -0.1) is 11.3 Å². The van der Waals surface area contributed by atoms with Crippen molar-refractivity contribution in [3.8, 4) is 0 Å². The molecule has 108 valence electrons. The van der Waals surface area contributed by atoms with E-state index in [2.05, 4.69) is 31.1 Å². The van der Waals surface area contributed by atoms with Crippen LogP contribution in [-0.4, -0.2) is 12.0 Å². The average molecular weight is 296 g/mol. The molecule has 0 aliphatic rings. The van der Waals surface area contributed by atoms with E-state index in [9.17, 15) is 8.78 Å². The zero-order chi connectivity index (χ0) is 14.9. The van der Waals surface area contributed by atoms with Crippen molar-refractivity contribution in [1.29, 1.82) is 0 Å². The fraction of sp³-hybridized carbons (Fsp3) is 0.400. The van der Waals surface area contributed by atoms with Gasteiger partial charge in [0.05, 0.1) is 11.7 Å². The molecule has 2 nitrogen and oxygen atoms in total. The maximum Gasteiger partial charge on any atom is 0.131 e. The summed E-state index contributed by atoms with van der Waals surface area (Å²) in [6.07, 6.45) is 0. The predicted molar refractivity (Wildman–Crippen MR) is 78.1 cm³/mol. The third kappa shape index (κ3) is 2.88. The molecule has 0 saturated heterocycles. The maximum absolute atomic E-state index is 13.9. The Bertz CT molecular complexity index is 582. The molecule has 0 fully saturated rings. The number of aromatic nitrogens is 1. The van der Waals surface area contributed by atoms with Gasteiger partial charge in [-0.1, -0.05) is 26.8 Å². The molecule has 0 spiro atoms.